The van der Waals surface area contributed by atoms with Gasteiger partial charge in [0.25, 0.3) is 59.0 Å². The highest BCUT2D eigenvalue weighted by atomic mass is 32.2. The standard InChI is InChI=1S/4C21H23N3O7S/c1-5-31-18-8-13(6-7-17(18)30-3)16(11-32(4,28)29)24-20(26)14-9-22-10-15(23-12(2)25)19(14)21(24)27;1-5-31-17-10-13(6-7-16(17)30-3)15(11-32(4,28)29)24-20(26)18-14(23-12(2)25)8-9-22-19(18)21(24)27;2*1-5-31-19-17(30-3)10-9-14(23-19)16(11-32(4,28)29)24-20(26)13-7-6-8-15(22-12(2)25)18(13)21(24)27/h6-10,16H,5,11H2,1-4H3,(H,23,25);6-10,15H,5,11H2,1-4H3,(H,22,23,25);2*6-10,16H,5,11H2,1-4H3,(H,22,25)/t16-;;16-;/m1.1./s1. The Morgan fingerprint density at radius 1 is 0.352 bits per heavy atom. The molecule has 44 heteroatoms. The van der Waals surface area contributed by atoms with Gasteiger partial charge in [0.1, 0.15) is 45.0 Å². The van der Waals surface area contributed by atoms with Crippen molar-refractivity contribution in [2.24, 2.45) is 0 Å². The van der Waals surface area contributed by atoms with Crippen molar-refractivity contribution in [2.45, 2.75) is 79.6 Å². The largest absolute Gasteiger partial charge is 0.493 e. The summed E-state index contributed by atoms with van der Waals surface area (Å²) in [6.45, 7) is 13.3. The van der Waals surface area contributed by atoms with Gasteiger partial charge in [0.05, 0.1) is 181 Å². The van der Waals surface area contributed by atoms with Crippen molar-refractivity contribution in [2.75, 3.05) is 124 Å². The Hall–Kier alpha value is -13.9. The predicted molar refractivity (Wildman–Crippen MR) is 463 cm³/mol. The number of imide groups is 4. The van der Waals surface area contributed by atoms with E-state index in [2.05, 4.69) is 41.2 Å². The number of aromatic nitrogens is 4. The van der Waals surface area contributed by atoms with Crippen LogP contribution in [-0.2, 0) is 58.5 Å². The van der Waals surface area contributed by atoms with Crippen LogP contribution in [-0.4, -0.2) is 247 Å². The number of carbonyl (C=O) groups excluding carboxylic acids is 12. The summed E-state index contributed by atoms with van der Waals surface area (Å²) in [5.74, 6) is -7.11. The first-order chi connectivity index (χ1) is 60.3. The number of anilines is 4. The lowest BCUT2D eigenvalue weighted by molar-refractivity contribution is -0.115. The van der Waals surface area contributed by atoms with Crippen molar-refractivity contribution < 1.29 is 129 Å². The first-order valence-corrected chi connectivity index (χ1v) is 47.0. The van der Waals surface area contributed by atoms with Crippen LogP contribution in [0.3, 0.4) is 0 Å². The van der Waals surface area contributed by atoms with Gasteiger partial charge in [-0.25, -0.2) is 43.6 Å². The number of methoxy groups -OCH3 is 4. The Bertz CT molecular complexity index is 5520. The first-order valence-electron chi connectivity index (χ1n) is 38.8. The van der Waals surface area contributed by atoms with Crippen LogP contribution in [0.1, 0.15) is 185 Å². The van der Waals surface area contributed by atoms with Gasteiger partial charge in [0, 0.05) is 65.1 Å². The quantitative estimate of drug-likeness (QED) is 0.0300. The van der Waals surface area contributed by atoms with Crippen molar-refractivity contribution in [3.05, 3.63) is 189 Å². The molecule has 4 aromatic heterocycles. The van der Waals surface area contributed by atoms with E-state index in [0.29, 0.717) is 58.8 Å². The summed E-state index contributed by atoms with van der Waals surface area (Å²) >= 11 is 0. The van der Waals surface area contributed by atoms with Gasteiger partial charge in [-0.3, -0.25) is 87.1 Å². The van der Waals surface area contributed by atoms with E-state index in [1.165, 1.54) is 141 Å². The number of amides is 12. The third kappa shape index (κ3) is 22.9. The number of benzene rings is 4. The number of nitrogens with zero attached hydrogens (tertiary/aromatic N) is 8. The summed E-state index contributed by atoms with van der Waals surface area (Å²) in [5, 5.41) is 10.1. The van der Waals surface area contributed by atoms with Crippen LogP contribution < -0.4 is 59.2 Å². The van der Waals surface area contributed by atoms with Gasteiger partial charge in [-0.05, 0) is 118 Å². The molecule has 0 spiro atoms. The number of hydrogen-bond donors (Lipinski definition) is 4. The maximum absolute atomic E-state index is 13.3. The van der Waals surface area contributed by atoms with E-state index < -0.39 is 157 Å². The lowest BCUT2D eigenvalue weighted by atomic mass is 10.1. The molecule has 4 aromatic carbocycles. The topological polar surface area (TPSA) is 528 Å². The summed E-state index contributed by atoms with van der Waals surface area (Å²) in [4.78, 5) is 172. The van der Waals surface area contributed by atoms with E-state index in [0.717, 1.165) is 44.6 Å². The SMILES string of the molecule is CCOc1cc(C(CS(C)(=O)=O)N2C(=O)c3nccc(NC(C)=O)c3C2=O)ccc1OC.CCOc1cc([C@@H](CS(C)(=O)=O)N2C(=O)c3cncc(NC(C)=O)c3C2=O)ccc1OC.CCOc1nc(C(CS(C)(=O)=O)N2C(=O)c3cccc(NC(C)=O)c3C2=O)ccc1OC.CCOc1nc([C@@H](CS(C)(=O)=O)N2C(=O)c3cccc(NC(C)=O)c3C2=O)ccc1OC. The number of sulfone groups is 4. The normalized spacial score (nSPS) is 14.2. The summed E-state index contributed by atoms with van der Waals surface area (Å²) < 4.78 is 141. The molecule has 0 radical (unpaired) electrons. The van der Waals surface area contributed by atoms with Gasteiger partial charge in [-0.15, -0.1) is 0 Å². The molecule has 4 aliphatic heterocycles. The van der Waals surface area contributed by atoms with Gasteiger partial charge in [0.2, 0.25) is 23.6 Å². The Balaban J connectivity index is 0.000000193. The van der Waals surface area contributed by atoms with Gasteiger partial charge in [-0.2, -0.15) is 0 Å². The number of nitrogens with one attached hydrogen (secondary N) is 4. The average Bonchev–Trinajstić information content (AvgIpc) is 1.61. The van der Waals surface area contributed by atoms with Crippen LogP contribution in [0.25, 0.3) is 0 Å². The Labute approximate surface area is 736 Å². The fourth-order valence-corrected chi connectivity index (χ4v) is 17.6. The smallest absolute Gasteiger partial charge is 0.280 e. The van der Waals surface area contributed by atoms with Crippen molar-refractivity contribution in [1.82, 2.24) is 39.5 Å². The summed E-state index contributed by atoms with van der Waals surface area (Å²) in [6, 6.07) is 21.1. The van der Waals surface area contributed by atoms with Crippen LogP contribution in [0.5, 0.6) is 46.3 Å². The second-order valence-corrected chi connectivity index (χ2v) is 37.5. The van der Waals surface area contributed by atoms with Crippen molar-refractivity contribution in [1.29, 1.82) is 0 Å². The van der Waals surface area contributed by atoms with Crippen LogP contribution in [0.15, 0.2) is 122 Å². The van der Waals surface area contributed by atoms with Crippen LogP contribution in [0, 0.1) is 0 Å². The second kappa shape index (κ2) is 41.1. The monoisotopic (exact) mass is 1840 g/mol. The molecule has 2 unspecified atom stereocenters. The minimum Gasteiger partial charge on any atom is -0.493 e. The Morgan fingerprint density at radius 2 is 0.672 bits per heavy atom. The molecule has 680 valence electrons. The van der Waals surface area contributed by atoms with Gasteiger partial charge >= 0.3 is 0 Å². The van der Waals surface area contributed by atoms with Gasteiger partial charge in [-0.1, -0.05) is 24.3 Å². The second-order valence-electron chi connectivity index (χ2n) is 28.8. The summed E-state index contributed by atoms with van der Waals surface area (Å²) in [6.07, 6.45) is 7.84. The highest BCUT2D eigenvalue weighted by molar-refractivity contribution is 7.91. The molecule has 4 atom stereocenters. The Kier molecular flexibility index (Phi) is 31.4. The molecule has 4 N–H and O–H groups in total. The molecule has 12 amide bonds. The molecule has 0 aliphatic carbocycles. The fourth-order valence-electron chi connectivity index (χ4n) is 14.0. The van der Waals surface area contributed by atoms with Crippen LogP contribution >= 0.6 is 0 Å². The maximum atomic E-state index is 13.3. The summed E-state index contributed by atoms with van der Waals surface area (Å²) in [7, 11) is -8.73. The van der Waals surface area contributed by atoms with E-state index in [1.807, 2.05) is 0 Å². The van der Waals surface area contributed by atoms with E-state index in [4.69, 9.17) is 37.9 Å². The lowest BCUT2D eigenvalue weighted by Gasteiger charge is -2.26. The van der Waals surface area contributed by atoms with Crippen molar-refractivity contribution in [3.8, 4) is 46.3 Å². The molecule has 12 rings (SSSR count). The van der Waals surface area contributed by atoms with Crippen molar-refractivity contribution in [3.63, 3.8) is 0 Å². The van der Waals surface area contributed by atoms with Crippen molar-refractivity contribution >= 4 is 133 Å². The zero-order valence-electron chi connectivity index (χ0n) is 72.2. The molecule has 8 heterocycles. The van der Waals surface area contributed by atoms with Crippen LogP contribution in [0.2, 0.25) is 0 Å². The zero-order valence-corrected chi connectivity index (χ0v) is 75.4. The molecule has 4 aliphatic rings. The van der Waals surface area contributed by atoms with Gasteiger partial charge in [0.15, 0.2) is 34.5 Å². The Morgan fingerprint density at radius 3 is 1.03 bits per heavy atom. The molecular weight excluding hydrogens is 1750 g/mol. The fraction of sp³-hybridized carbons (Fsp3) is 0.333. The third-order valence-corrected chi connectivity index (χ3v) is 22.7. The average molecular weight is 1850 g/mol. The molecule has 8 aromatic rings. The lowest BCUT2D eigenvalue weighted by Crippen LogP contribution is -2.38. The summed E-state index contributed by atoms with van der Waals surface area (Å²) in [5.41, 5.74) is 1.47. The molecular formula is C84H92N12O28S4. The number of rotatable bonds is 32. The molecule has 0 bridgehead atoms. The first kappa shape index (κ1) is 97.9. The van der Waals surface area contributed by atoms with Gasteiger partial charge < -0.3 is 59.2 Å². The predicted octanol–water partition coefficient (Wildman–Crippen LogP) is 7.32. The number of ether oxygens (including phenoxy) is 8. The van der Waals surface area contributed by atoms with E-state index in [-0.39, 0.29) is 104 Å². The highest BCUT2D eigenvalue weighted by Gasteiger charge is 2.49. The molecule has 0 saturated carbocycles. The number of fused-ring (bicyclic) bond motifs is 4. The van der Waals surface area contributed by atoms with E-state index in [1.54, 1.807) is 64.1 Å². The minimum atomic E-state index is -3.64. The molecule has 40 nitrogen and oxygen atoms in total. The zero-order chi connectivity index (χ0) is 94.5. The van der Waals surface area contributed by atoms with E-state index in [9.17, 15) is 91.2 Å². The highest BCUT2D eigenvalue weighted by Crippen LogP contribution is 2.44. The van der Waals surface area contributed by atoms with E-state index >= 15 is 0 Å². The molecule has 128 heavy (non-hydrogen) atoms. The third-order valence-electron chi connectivity index (χ3n) is 19.0. The number of pyridine rings is 4. The minimum absolute atomic E-state index is 0.00439. The number of hydrogen-bond acceptors (Lipinski definition) is 32. The molecule has 0 fully saturated rings. The number of carbonyl (C=O) groups is 12. The van der Waals surface area contributed by atoms with Crippen LogP contribution in [0.4, 0.5) is 22.7 Å². The maximum Gasteiger partial charge on any atom is 0.280 e. The molecule has 0 saturated heterocycles.